The number of carbonyl (C=O) groups excluding carboxylic acids is 4. The highest BCUT2D eigenvalue weighted by Crippen LogP contribution is 2.10. The molecule has 0 saturated carbocycles. The number of ether oxygens (including phenoxy) is 2. The van der Waals surface area contributed by atoms with Gasteiger partial charge in [-0.1, -0.05) is 64.4 Å². The molecule has 178 valence electrons. The average molecular weight is 440 g/mol. The maximum atomic E-state index is 11.9. The first-order chi connectivity index (χ1) is 14.9. The first kappa shape index (κ1) is 29.0. The van der Waals surface area contributed by atoms with Crippen LogP contribution >= 0.6 is 0 Å². The molecule has 2 N–H and O–H groups in total. The third-order valence-corrected chi connectivity index (χ3v) is 4.93. The van der Waals surface area contributed by atoms with E-state index >= 15 is 0 Å². The molecule has 7 nitrogen and oxygen atoms in total. The minimum absolute atomic E-state index is 0.0422. The summed E-state index contributed by atoms with van der Waals surface area (Å²) < 4.78 is 9.46. The predicted molar refractivity (Wildman–Crippen MR) is 120 cm³/mol. The number of allylic oxidation sites excluding steroid dienone is 1. The Labute approximate surface area is 187 Å². The monoisotopic (exact) mass is 439 g/mol. The molecular formula is C24H41NO6. The zero-order valence-corrected chi connectivity index (χ0v) is 19.2. The van der Waals surface area contributed by atoms with E-state index in [9.17, 15) is 19.2 Å². The van der Waals surface area contributed by atoms with Gasteiger partial charge in [-0.2, -0.15) is 0 Å². The molecule has 0 rings (SSSR count). The zero-order chi connectivity index (χ0) is 23.3. The summed E-state index contributed by atoms with van der Waals surface area (Å²) in [4.78, 5) is 46.9. The van der Waals surface area contributed by atoms with Gasteiger partial charge in [0, 0.05) is 19.3 Å². The summed E-state index contributed by atoms with van der Waals surface area (Å²) >= 11 is 0. The van der Waals surface area contributed by atoms with Crippen molar-refractivity contribution < 1.29 is 28.7 Å². The molecule has 7 heteroatoms. The van der Waals surface area contributed by atoms with Gasteiger partial charge < -0.3 is 15.2 Å². The summed E-state index contributed by atoms with van der Waals surface area (Å²) in [6.45, 7) is 5.80. The van der Waals surface area contributed by atoms with Gasteiger partial charge in [-0.15, -0.1) is 6.58 Å². The van der Waals surface area contributed by atoms with Gasteiger partial charge in [0.2, 0.25) is 0 Å². The fourth-order valence-electron chi connectivity index (χ4n) is 3.00. The van der Waals surface area contributed by atoms with Gasteiger partial charge >= 0.3 is 23.9 Å². The minimum Gasteiger partial charge on any atom is -0.393 e. The van der Waals surface area contributed by atoms with Crippen molar-refractivity contribution in [3.05, 3.63) is 12.7 Å². The van der Waals surface area contributed by atoms with Crippen LogP contribution in [0.4, 0.5) is 0 Å². The molecule has 0 spiro atoms. The van der Waals surface area contributed by atoms with E-state index in [0.717, 1.165) is 64.2 Å². The maximum absolute atomic E-state index is 11.9. The van der Waals surface area contributed by atoms with Crippen molar-refractivity contribution in [1.29, 1.82) is 0 Å². The van der Waals surface area contributed by atoms with Gasteiger partial charge in [0.1, 0.15) is 6.04 Å². The Morgan fingerprint density at radius 2 is 1.23 bits per heavy atom. The van der Waals surface area contributed by atoms with Crippen molar-refractivity contribution in [2.75, 3.05) is 0 Å². The molecule has 1 atom stereocenters. The SMILES string of the molecule is C=CCCCCCCCCC(=O)OC(=O)C(N)CCC(=O)OC(=O)CCCCCCC. The Kier molecular flexibility index (Phi) is 18.6. The van der Waals surface area contributed by atoms with Crippen LogP contribution in [0.15, 0.2) is 12.7 Å². The summed E-state index contributed by atoms with van der Waals surface area (Å²) in [5, 5.41) is 0. The van der Waals surface area contributed by atoms with E-state index in [0.29, 0.717) is 12.8 Å². The van der Waals surface area contributed by atoms with E-state index in [-0.39, 0.29) is 25.7 Å². The quantitative estimate of drug-likeness (QED) is 0.132. The Morgan fingerprint density at radius 1 is 0.742 bits per heavy atom. The fraction of sp³-hybridized carbons (Fsp3) is 0.750. The van der Waals surface area contributed by atoms with Gasteiger partial charge in [-0.05, 0) is 32.1 Å². The molecule has 0 fully saturated rings. The number of rotatable bonds is 19. The zero-order valence-electron chi connectivity index (χ0n) is 19.2. The van der Waals surface area contributed by atoms with Gasteiger partial charge in [0.25, 0.3) is 0 Å². The molecule has 1 unspecified atom stereocenters. The lowest BCUT2D eigenvalue weighted by Gasteiger charge is -2.10. The molecule has 0 aliphatic carbocycles. The van der Waals surface area contributed by atoms with Gasteiger partial charge in [-0.3, -0.25) is 14.4 Å². The van der Waals surface area contributed by atoms with Crippen LogP contribution in [0.2, 0.25) is 0 Å². The normalized spacial score (nSPS) is 11.5. The molecule has 0 saturated heterocycles. The van der Waals surface area contributed by atoms with Crippen LogP contribution in [0.1, 0.15) is 110 Å². The third kappa shape index (κ3) is 18.5. The van der Waals surface area contributed by atoms with Crippen molar-refractivity contribution in [3.63, 3.8) is 0 Å². The summed E-state index contributed by atoms with van der Waals surface area (Å²) in [6, 6.07) is -1.11. The first-order valence-corrected chi connectivity index (χ1v) is 11.7. The second-order valence-electron chi connectivity index (χ2n) is 7.90. The predicted octanol–water partition coefficient (Wildman–Crippen LogP) is 4.90. The van der Waals surface area contributed by atoms with Crippen LogP contribution < -0.4 is 5.73 Å². The molecule has 0 bridgehead atoms. The van der Waals surface area contributed by atoms with Crippen LogP contribution in [0, 0.1) is 0 Å². The largest absolute Gasteiger partial charge is 0.393 e. The molecule has 0 aliphatic heterocycles. The van der Waals surface area contributed by atoms with E-state index in [1.807, 2.05) is 6.08 Å². The molecule has 0 heterocycles. The van der Waals surface area contributed by atoms with Crippen LogP contribution in [-0.4, -0.2) is 29.9 Å². The number of esters is 4. The number of hydrogen-bond acceptors (Lipinski definition) is 7. The van der Waals surface area contributed by atoms with Crippen molar-refractivity contribution in [3.8, 4) is 0 Å². The third-order valence-electron chi connectivity index (χ3n) is 4.93. The Hall–Kier alpha value is -2.02. The van der Waals surface area contributed by atoms with Crippen LogP contribution in [0.25, 0.3) is 0 Å². The number of hydrogen-bond donors (Lipinski definition) is 1. The van der Waals surface area contributed by atoms with E-state index in [1.165, 1.54) is 0 Å². The smallest absolute Gasteiger partial charge is 0.330 e. The standard InChI is InChI=1S/C24H41NO6/c1-3-5-7-9-10-11-13-15-17-22(27)31-24(29)20(25)18-19-23(28)30-21(26)16-14-12-8-6-4-2/h3,20H,1,4-19,25H2,2H3. The fourth-order valence-corrected chi connectivity index (χ4v) is 3.00. The lowest BCUT2D eigenvalue weighted by molar-refractivity contribution is -0.160. The van der Waals surface area contributed by atoms with E-state index in [2.05, 4.69) is 13.5 Å². The average Bonchev–Trinajstić information content (AvgIpc) is 2.73. The number of nitrogens with two attached hydrogens (primary N) is 1. The summed E-state index contributed by atoms with van der Waals surface area (Å²) in [5.74, 6) is -2.74. The summed E-state index contributed by atoms with van der Waals surface area (Å²) in [6.07, 6.45) is 14.0. The molecule has 0 aliphatic rings. The van der Waals surface area contributed by atoms with Crippen molar-refractivity contribution in [2.24, 2.45) is 5.73 Å². The number of unbranched alkanes of at least 4 members (excludes halogenated alkanes) is 10. The molecule has 31 heavy (non-hydrogen) atoms. The van der Waals surface area contributed by atoms with Gasteiger partial charge in [0.05, 0.1) is 0 Å². The maximum Gasteiger partial charge on any atom is 0.330 e. The van der Waals surface area contributed by atoms with Crippen LogP contribution in [0.3, 0.4) is 0 Å². The van der Waals surface area contributed by atoms with Crippen molar-refractivity contribution >= 4 is 23.9 Å². The van der Waals surface area contributed by atoms with Crippen molar-refractivity contribution in [1.82, 2.24) is 0 Å². The van der Waals surface area contributed by atoms with Gasteiger partial charge in [-0.25, -0.2) is 4.79 Å². The lowest BCUT2D eigenvalue weighted by atomic mass is 10.1. The molecule has 0 aromatic carbocycles. The summed E-state index contributed by atoms with van der Waals surface area (Å²) in [5.41, 5.74) is 5.68. The highest BCUT2D eigenvalue weighted by atomic mass is 16.6. The van der Waals surface area contributed by atoms with E-state index < -0.39 is 29.9 Å². The highest BCUT2D eigenvalue weighted by Gasteiger charge is 2.21. The number of carbonyl (C=O) groups is 4. The second kappa shape index (κ2) is 19.9. The topological polar surface area (TPSA) is 113 Å². The van der Waals surface area contributed by atoms with E-state index in [4.69, 9.17) is 15.2 Å². The van der Waals surface area contributed by atoms with Crippen LogP contribution in [-0.2, 0) is 28.7 Å². The molecule has 0 aromatic heterocycles. The minimum atomic E-state index is -1.11. The lowest BCUT2D eigenvalue weighted by Crippen LogP contribution is -2.34. The molecular weight excluding hydrogens is 398 g/mol. The second-order valence-corrected chi connectivity index (χ2v) is 7.90. The Morgan fingerprint density at radius 3 is 1.81 bits per heavy atom. The Balaban J connectivity index is 3.82. The Bertz CT molecular complexity index is 546. The summed E-state index contributed by atoms with van der Waals surface area (Å²) in [7, 11) is 0. The first-order valence-electron chi connectivity index (χ1n) is 11.7. The van der Waals surface area contributed by atoms with Gasteiger partial charge in [0.15, 0.2) is 0 Å². The molecule has 0 aromatic rings. The molecule has 0 amide bonds. The highest BCUT2D eigenvalue weighted by molar-refractivity contribution is 5.89. The van der Waals surface area contributed by atoms with Crippen molar-refractivity contribution in [2.45, 2.75) is 116 Å². The van der Waals surface area contributed by atoms with Crippen LogP contribution in [0.5, 0.6) is 0 Å². The van der Waals surface area contributed by atoms with E-state index in [1.54, 1.807) is 0 Å². The molecule has 0 radical (unpaired) electrons.